The molecule has 4 aromatic rings. The molecule has 2 aromatic heterocycles. The average molecular weight is 398 g/mol. The SMILES string of the molecule is Cc1cnn(-c2nc(NCC3CCCCC3)c3cc(-c4ccccc4)ccc3n2)c1. The van der Waals surface area contributed by atoms with Gasteiger partial charge in [0.15, 0.2) is 0 Å². The summed E-state index contributed by atoms with van der Waals surface area (Å²) in [4.78, 5) is 9.68. The summed E-state index contributed by atoms with van der Waals surface area (Å²) in [5, 5.41) is 9.13. The zero-order valence-corrected chi connectivity index (χ0v) is 17.4. The number of aromatic nitrogens is 4. The van der Waals surface area contributed by atoms with Crippen molar-refractivity contribution in [1.29, 1.82) is 0 Å². The molecular weight excluding hydrogens is 370 g/mol. The summed E-state index contributed by atoms with van der Waals surface area (Å²) in [6, 6.07) is 16.9. The molecule has 1 aliphatic rings. The lowest BCUT2D eigenvalue weighted by atomic mass is 9.89. The molecule has 0 bridgehead atoms. The molecule has 1 fully saturated rings. The summed E-state index contributed by atoms with van der Waals surface area (Å²) < 4.78 is 1.76. The summed E-state index contributed by atoms with van der Waals surface area (Å²) in [6.45, 7) is 2.98. The van der Waals surface area contributed by atoms with Gasteiger partial charge in [-0.3, -0.25) is 0 Å². The van der Waals surface area contributed by atoms with Crippen LogP contribution in [-0.4, -0.2) is 26.3 Å². The Morgan fingerprint density at radius 3 is 2.57 bits per heavy atom. The number of hydrogen-bond acceptors (Lipinski definition) is 4. The van der Waals surface area contributed by atoms with Gasteiger partial charge >= 0.3 is 0 Å². The summed E-state index contributed by atoms with van der Waals surface area (Å²) in [7, 11) is 0. The summed E-state index contributed by atoms with van der Waals surface area (Å²) in [5.41, 5.74) is 4.40. The molecule has 1 saturated carbocycles. The van der Waals surface area contributed by atoms with Gasteiger partial charge in [0.1, 0.15) is 5.82 Å². The topological polar surface area (TPSA) is 55.6 Å². The Labute approximate surface area is 177 Å². The van der Waals surface area contributed by atoms with E-state index in [0.717, 1.165) is 34.7 Å². The van der Waals surface area contributed by atoms with E-state index in [-0.39, 0.29) is 0 Å². The van der Waals surface area contributed by atoms with Crippen LogP contribution in [0.1, 0.15) is 37.7 Å². The fourth-order valence-corrected chi connectivity index (χ4v) is 4.32. The molecule has 0 radical (unpaired) electrons. The predicted molar refractivity (Wildman–Crippen MR) is 122 cm³/mol. The Morgan fingerprint density at radius 2 is 1.80 bits per heavy atom. The van der Waals surface area contributed by atoms with E-state index in [1.165, 1.54) is 43.2 Å². The van der Waals surface area contributed by atoms with Crippen LogP contribution in [0, 0.1) is 12.8 Å². The minimum atomic E-state index is 0.606. The maximum atomic E-state index is 4.88. The van der Waals surface area contributed by atoms with E-state index < -0.39 is 0 Å². The van der Waals surface area contributed by atoms with E-state index in [9.17, 15) is 0 Å². The van der Waals surface area contributed by atoms with Crippen LogP contribution in [0.5, 0.6) is 0 Å². The van der Waals surface area contributed by atoms with Gasteiger partial charge in [-0.2, -0.15) is 10.1 Å². The van der Waals surface area contributed by atoms with Gasteiger partial charge in [0.2, 0.25) is 0 Å². The number of nitrogens with one attached hydrogen (secondary N) is 1. The number of benzene rings is 2. The lowest BCUT2D eigenvalue weighted by Crippen LogP contribution is -2.18. The van der Waals surface area contributed by atoms with Gasteiger partial charge in [-0.05, 0) is 54.5 Å². The van der Waals surface area contributed by atoms with Gasteiger partial charge in [0.05, 0.1) is 11.7 Å². The first-order valence-corrected chi connectivity index (χ1v) is 10.9. The first-order valence-electron chi connectivity index (χ1n) is 10.9. The molecular formula is C25H27N5. The molecule has 0 spiro atoms. The maximum absolute atomic E-state index is 4.88. The Kier molecular flexibility index (Phi) is 5.18. The van der Waals surface area contributed by atoms with E-state index in [4.69, 9.17) is 9.97 Å². The monoisotopic (exact) mass is 397 g/mol. The number of nitrogens with zero attached hydrogens (tertiary/aromatic N) is 4. The summed E-state index contributed by atoms with van der Waals surface area (Å²) in [5.74, 6) is 2.22. The lowest BCUT2D eigenvalue weighted by Gasteiger charge is -2.22. The molecule has 5 rings (SSSR count). The second kappa shape index (κ2) is 8.27. The van der Waals surface area contributed by atoms with Crippen molar-refractivity contribution in [2.75, 3.05) is 11.9 Å². The molecule has 0 atom stereocenters. The van der Waals surface area contributed by atoms with Gasteiger partial charge in [-0.15, -0.1) is 0 Å². The van der Waals surface area contributed by atoms with Crippen LogP contribution in [-0.2, 0) is 0 Å². The van der Waals surface area contributed by atoms with E-state index in [2.05, 4.69) is 52.9 Å². The number of rotatable bonds is 5. The summed E-state index contributed by atoms with van der Waals surface area (Å²) in [6.07, 6.45) is 10.5. The van der Waals surface area contributed by atoms with Gasteiger partial charge in [-0.1, -0.05) is 55.7 Å². The Morgan fingerprint density at radius 1 is 0.967 bits per heavy atom. The minimum Gasteiger partial charge on any atom is -0.369 e. The quantitative estimate of drug-likeness (QED) is 0.463. The molecule has 5 nitrogen and oxygen atoms in total. The predicted octanol–water partition coefficient (Wildman–Crippen LogP) is 5.78. The van der Waals surface area contributed by atoms with Crippen molar-refractivity contribution < 1.29 is 0 Å². The zero-order chi connectivity index (χ0) is 20.3. The van der Waals surface area contributed by atoms with Crippen LogP contribution in [0.3, 0.4) is 0 Å². The molecule has 30 heavy (non-hydrogen) atoms. The van der Waals surface area contributed by atoms with Gasteiger partial charge in [0.25, 0.3) is 5.95 Å². The largest absolute Gasteiger partial charge is 0.369 e. The van der Waals surface area contributed by atoms with Gasteiger partial charge in [-0.25, -0.2) is 9.67 Å². The third-order valence-corrected chi connectivity index (χ3v) is 5.99. The molecule has 152 valence electrons. The Balaban J connectivity index is 1.56. The van der Waals surface area contributed by atoms with Crippen molar-refractivity contribution in [3.05, 3.63) is 66.5 Å². The standard InChI is InChI=1S/C25H27N5/c1-18-15-27-30(17-18)25-28-23-13-12-21(20-10-6-3-7-11-20)14-22(23)24(29-25)26-16-19-8-4-2-5-9-19/h3,6-7,10-15,17,19H,2,4-5,8-9,16H2,1H3,(H,26,28,29). The molecule has 5 heteroatoms. The number of aryl methyl sites for hydroxylation is 1. The molecule has 2 heterocycles. The second-order valence-electron chi connectivity index (χ2n) is 8.32. The first-order chi connectivity index (χ1) is 14.8. The fourth-order valence-electron chi connectivity index (χ4n) is 4.32. The number of hydrogen-bond donors (Lipinski definition) is 1. The van der Waals surface area contributed by atoms with Crippen molar-refractivity contribution in [3.8, 4) is 17.1 Å². The van der Waals surface area contributed by atoms with E-state index in [1.807, 2.05) is 25.4 Å². The van der Waals surface area contributed by atoms with Crippen molar-refractivity contribution in [2.45, 2.75) is 39.0 Å². The van der Waals surface area contributed by atoms with Gasteiger partial charge < -0.3 is 5.32 Å². The highest BCUT2D eigenvalue weighted by atomic mass is 15.3. The van der Waals surface area contributed by atoms with Crippen LogP contribution in [0.25, 0.3) is 28.0 Å². The fraction of sp³-hybridized carbons (Fsp3) is 0.320. The highest BCUT2D eigenvalue weighted by molar-refractivity contribution is 5.93. The van der Waals surface area contributed by atoms with Gasteiger partial charge in [0, 0.05) is 18.1 Å². The molecule has 0 saturated heterocycles. The zero-order valence-electron chi connectivity index (χ0n) is 17.4. The minimum absolute atomic E-state index is 0.606. The molecule has 0 unspecified atom stereocenters. The maximum Gasteiger partial charge on any atom is 0.253 e. The van der Waals surface area contributed by atoms with Crippen LogP contribution >= 0.6 is 0 Å². The van der Waals surface area contributed by atoms with Crippen molar-refractivity contribution in [1.82, 2.24) is 19.7 Å². The number of fused-ring (bicyclic) bond motifs is 1. The van der Waals surface area contributed by atoms with Crippen molar-refractivity contribution in [3.63, 3.8) is 0 Å². The normalized spacial score (nSPS) is 14.8. The highest BCUT2D eigenvalue weighted by Crippen LogP contribution is 2.29. The lowest BCUT2D eigenvalue weighted by molar-refractivity contribution is 0.373. The van der Waals surface area contributed by atoms with Crippen molar-refractivity contribution >= 4 is 16.7 Å². The first kappa shape index (κ1) is 18.8. The molecule has 1 aliphatic carbocycles. The molecule has 1 N–H and O–H groups in total. The van der Waals surface area contributed by atoms with E-state index >= 15 is 0 Å². The van der Waals surface area contributed by atoms with Crippen LogP contribution < -0.4 is 5.32 Å². The average Bonchev–Trinajstić information content (AvgIpc) is 3.24. The Bertz CT molecular complexity index is 1140. The van der Waals surface area contributed by atoms with Crippen LogP contribution in [0.4, 0.5) is 5.82 Å². The third kappa shape index (κ3) is 3.92. The second-order valence-corrected chi connectivity index (χ2v) is 8.32. The summed E-state index contributed by atoms with van der Waals surface area (Å²) >= 11 is 0. The highest BCUT2D eigenvalue weighted by Gasteiger charge is 2.16. The smallest absolute Gasteiger partial charge is 0.253 e. The molecule has 0 amide bonds. The van der Waals surface area contributed by atoms with Crippen molar-refractivity contribution in [2.24, 2.45) is 5.92 Å². The number of anilines is 1. The Hall–Kier alpha value is -3.21. The van der Waals surface area contributed by atoms with E-state index in [0.29, 0.717) is 5.95 Å². The molecule has 0 aliphatic heterocycles. The molecule has 2 aromatic carbocycles. The van der Waals surface area contributed by atoms with Crippen LogP contribution in [0.2, 0.25) is 0 Å². The van der Waals surface area contributed by atoms with E-state index in [1.54, 1.807) is 4.68 Å². The third-order valence-electron chi connectivity index (χ3n) is 5.99. The van der Waals surface area contributed by atoms with Crippen LogP contribution in [0.15, 0.2) is 60.9 Å².